The Bertz CT molecular complexity index is 729. The summed E-state index contributed by atoms with van der Waals surface area (Å²) < 4.78 is 0. The van der Waals surface area contributed by atoms with Gasteiger partial charge in [0.05, 0.1) is 17.7 Å². The summed E-state index contributed by atoms with van der Waals surface area (Å²) in [5.74, 6) is -0.261. The first-order valence-electron chi connectivity index (χ1n) is 8.17. The number of hydrogen-bond donors (Lipinski definition) is 1. The lowest BCUT2D eigenvalue weighted by Crippen LogP contribution is -2.34. The van der Waals surface area contributed by atoms with Crippen molar-refractivity contribution in [3.8, 4) is 11.3 Å². The van der Waals surface area contributed by atoms with Crippen LogP contribution >= 0.6 is 11.3 Å². The Hall–Kier alpha value is -2.21. The lowest BCUT2D eigenvalue weighted by Gasteiger charge is -2.16. The molecule has 1 aliphatic rings. The zero-order valence-corrected chi connectivity index (χ0v) is 14.7. The van der Waals surface area contributed by atoms with E-state index in [4.69, 9.17) is 0 Å². The van der Waals surface area contributed by atoms with Crippen LogP contribution in [0.1, 0.15) is 31.3 Å². The van der Waals surface area contributed by atoms with Gasteiger partial charge in [-0.15, -0.1) is 11.3 Å². The van der Waals surface area contributed by atoms with Crippen LogP contribution in [0.3, 0.4) is 0 Å². The third-order valence-corrected chi connectivity index (χ3v) is 5.32. The first-order valence-corrected chi connectivity index (χ1v) is 9.05. The molecule has 1 N–H and O–H groups in total. The van der Waals surface area contributed by atoms with Crippen molar-refractivity contribution in [2.45, 2.75) is 26.3 Å². The zero-order valence-electron chi connectivity index (χ0n) is 13.9. The molecule has 5 nitrogen and oxygen atoms in total. The van der Waals surface area contributed by atoms with E-state index in [1.807, 2.05) is 49.6 Å². The van der Waals surface area contributed by atoms with Gasteiger partial charge in [0, 0.05) is 30.5 Å². The third kappa shape index (κ3) is 3.48. The lowest BCUT2D eigenvalue weighted by atomic mass is 10.1. The molecular formula is C18H21N3O2S. The van der Waals surface area contributed by atoms with Crippen LogP contribution in [0.2, 0.25) is 0 Å². The summed E-state index contributed by atoms with van der Waals surface area (Å²) in [6.07, 6.45) is 0.305. The van der Waals surface area contributed by atoms with Crippen LogP contribution in [0.15, 0.2) is 35.7 Å². The van der Waals surface area contributed by atoms with E-state index in [9.17, 15) is 9.59 Å². The Morgan fingerprint density at radius 1 is 1.42 bits per heavy atom. The van der Waals surface area contributed by atoms with Gasteiger partial charge in [-0.3, -0.25) is 9.59 Å². The third-order valence-electron chi connectivity index (χ3n) is 4.29. The lowest BCUT2D eigenvalue weighted by molar-refractivity contribution is -0.129. The largest absolute Gasteiger partial charge is 0.347 e. The van der Waals surface area contributed by atoms with Crippen LogP contribution in [0, 0.1) is 5.92 Å². The number of nitrogens with one attached hydrogen (secondary N) is 1. The Morgan fingerprint density at radius 2 is 2.17 bits per heavy atom. The summed E-state index contributed by atoms with van der Waals surface area (Å²) >= 11 is 1.54. The first kappa shape index (κ1) is 16.6. The van der Waals surface area contributed by atoms with Gasteiger partial charge >= 0.3 is 0 Å². The summed E-state index contributed by atoms with van der Waals surface area (Å²) in [5.41, 5.74) is 1.99. The first-order chi connectivity index (χ1) is 11.6. The number of benzene rings is 1. The van der Waals surface area contributed by atoms with Crippen LogP contribution in [-0.4, -0.2) is 34.8 Å². The molecule has 2 amide bonds. The molecule has 1 aromatic heterocycles. The molecular weight excluding hydrogens is 322 g/mol. The van der Waals surface area contributed by atoms with E-state index in [1.54, 1.807) is 4.90 Å². The normalized spacial score (nSPS) is 18.7. The Labute approximate surface area is 145 Å². The molecule has 0 radical (unpaired) electrons. The van der Waals surface area contributed by atoms with Crippen molar-refractivity contribution < 1.29 is 9.59 Å². The predicted molar refractivity (Wildman–Crippen MR) is 94.5 cm³/mol. The Kier molecular flexibility index (Phi) is 4.94. The van der Waals surface area contributed by atoms with Crippen molar-refractivity contribution >= 4 is 23.2 Å². The number of aromatic nitrogens is 1. The number of likely N-dealkylation sites (tertiary alicyclic amines) is 1. The van der Waals surface area contributed by atoms with E-state index >= 15 is 0 Å². The second kappa shape index (κ2) is 7.13. The van der Waals surface area contributed by atoms with E-state index in [0.717, 1.165) is 16.3 Å². The fraction of sp³-hybridized carbons (Fsp3) is 0.389. The highest BCUT2D eigenvalue weighted by Crippen LogP contribution is 2.26. The smallest absolute Gasteiger partial charge is 0.225 e. The molecule has 0 saturated carbocycles. The molecule has 2 atom stereocenters. The van der Waals surface area contributed by atoms with Crippen molar-refractivity contribution in [3.63, 3.8) is 0 Å². The number of hydrogen-bond acceptors (Lipinski definition) is 4. The molecule has 0 unspecified atom stereocenters. The summed E-state index contributed by atoms with van der Waals surface area (Å²) in [5, 5.41) is 5.88. The topological polar surface area (TPSA) is 62.3 Å². The number of thiazole rings is 1. The van der Waals surface area contributed by atoms with Gasteiger partial charge in [-0.05, 0) is 13.8 Å². The zero-order chi connectivity index (χ0) is 17.1. The van der Waals surface area contributed by atoms with Gasteiger partial charge in [-0.25, -0.2) is 4.98 Å². The van der Waals surface area contributed by atoms with Crippen molar-refractivity contribution in [1.82, 2.24) is 15.2 Å². The van der Waals surface area contributed by atoms with Crippen molar-refractivity contribution in [2.24, 2.45) is 5.92 Å². The molecule has 2 heterocycles. The fourth-order valence-electron chi connectivity index (χ4n) is 2.87. The van der Waals surface area contributed by atoms with Crippen LogP contribution in [0.4, 0.5) is 0 Å². The summed E-state index contributed by atoms with van der Waals surface area (Å²) in [6.45, 7) is 5.04. The van der Waals surface area contributed by atoms with Gasteiger partial charge in [-0.1, -0.05) is 30.3 Å². The maximum absolute atomic E-state index is 12.4. The average Bonchev–Trinajstić information content (AvgIpc) is 3.22. The molecule has 1 aliphatic heterocycles. The van der Waals surface area contributed by atoms with Crippen molar-refractivity contribution in [3.05, 3.63) is 40.7 Å². The van der Waals surface area contributed by atoms with Gasteiger partial charge in [-0.2, -0.15) is 0 Å². The maximum Gasteiger partial charge on any atom is 0.225 e. The molecule has 2 aromatic rings. The van der Waals surface area contributed by atoms with Crippen LogP contribution in [0.25, 0.3) is 11.3 Å². The molecule has 0 bridgehead atoms. The average molecular weight is 343 g/mol. The standard InChI is InChI=1S/C18H21N3O2S/c1-3-21-10-14(9-16(21)22)17(23)19-12(2)18-20-15(11-24-18)13-7-5-4-6-8-13/h4-8,11-12,14H,3,9-10H2,1-2H3,(H,19,23)/t12-,14+/m1/s1. The molecule has 1 fully saturated rings. The second-order valence-electron chi connectivity index (χ2n) is 6.00. The minimum atomic E-state index is -0.256. The molecule has 0 aliphatic carbocycles. The minimum absolute atomic E-state index is 0.0610. The van der Waals surface area contributed by atoms with E-state index in [2.05, 4.69) is 10.3 Å². The van der Waals surface area contributed by atoms with Crippen LogP contribution in [0.5, 0.6) is 0 Å². The number of carbonyl (C=O) groups is 2. The highest BCUT2D eigenvalue weighted by atomic mass is 32.1. The molecule has 6 heteroatoms. The van der Waals surface area contributed by atoms with Crippen molar-refractivity contribution in [1.29, 1.82) is 0 Å². The van der Waals surface area contributed by atoms with Crippen LogP contribution in [-0.2, 0) is 9.59 Å². The van der Waals surface area contributed by atoms with E-state index in [-0.39, 0.29) is 23.8 Å². The van der Waals surface area contributed by atoms with Gasteiger partial charge in [0.1, 0.15) is 5.01 Å². The highest BCUT2D eigenvalue weighted by Gasteiger charge is 2.34. The fourth-order valence-corrected chi connectivity index (χ4v) is 3.71. The molecule has 1 aromatic carbocycles. The number of amides is 2. The van der Waals surface area contributed by atoms with E-state index < -0.39 is 0 Å². The van der Waals surface area contributed by atoms with Gasteiger partial charge < -0.3 is 10.2 Å². The highest BCUT2D eigenvalue weighted by molar-refractivity contribution is 7.10. The minimum Gasteiger partial charge on any atom is -0.347 e. The number of carbonyl (C=O) groups excluding carboxylic acids is 2. The van der Waals surface area contributed by atoms with E-state index in [1.165, 1.54) is 11.3 Å². The predicted octanol–water partition coefficient (Wildman–Crippen LogP) is 2.86. The summed E-state index contributed by atoms with van der Waals surface area (Å²) in [6, 6.07) is 9.82. The molecule has 3 rings (SSSR count). The van der Waals surface area contributed by atoms with Crippen molar-refractivity contribution in [2.75, 3.05) is 13.1 Å². The number of nitrogens with zero attached hydrogens (tertiary/aromatic N) is 2. The quantitative estimate of drug-likeness (QED) is 0.908. The second-order valence-corrected chi connectivity index (χ2v) is 6.89. The van der Waals surface area contributed by atoms with Gasteiger partial charge in [0.2, 0.25) is 11.8 Å². The number of rotatable bonds is 5. The molecule has 0 spiro atoms. The molecule has 1 saturated heterocycles. The Morgan fingerprint density at radius 3 is 2.83 bits per heavy atom. The van der Waals surface area contributed by atoms with Crippen LogP contribution < -0.4 is 5.32 Å². The summed E-state index contributed by atoms with van der Waals surface area (Å²) in [7, 11) is 0. The molecule has 126 valence electrons. The van der Waals surface area contributed by atoms with Gasteiger partial charge in [0.25, 0.3) is 0 Å². The SMILES string of the molecule is CCN1C[C@@H](C(=O)N[C@H](C)c2nc(-c3ccccc3)cs2)CC1=O. The monoisotopic (exact) mass is 343 g/mol. The summed E-state index contributed by atoms with van der Waals surface area (Å²) in [4.78, 5) is 30.5. The van der Waals surface area contributed by atoms with Gasteiger partial charge in [0.15, 0.2) is 0 Å². The van der Waals surface area contributed by atoms with E-state index in [0.29, 0.717) is 19.5 Å². The molecule has 24 heavy (non-hydrogen) atoms. The maximum atomic E-state index is 12.4. The Balaban J connectivity index is 1.63.